The third kappa shape index (κ3) is 3.71. The fourth-order valence-electron chi connectivity index (χ4n) is 3.12. The molecule has 4 nitrogen and oxygen atoms in total. The second kappa shape index (κ2) is 6.87. The first-order valence-corrected chi connectivity index (χ1v) is 7.63. The Labute approximate surface area is 126 Å². The van der Waals surface area contributed by atoms with Gasteiger partial charge in [-0.05, 0) is 42.0 Å². The van der Waals surface area contributed by atoms with Crippen molar-refractivity contribution in [2.75, 3.05) is 20.2 Å². The normalized spacial score (nSPS) is 19.8. The first kappa shape index (κ1) is 14.3. The van der Waals surface area contributed by atoms with E-state index in [4.69, 9.17) is 4.74 Å². The number of piperidine rings is 1. The van der Waals surface area contributed by atoms with Crippen LogP contribution in [-0.2, 0) is 17.9 Å². The zero-order valence-corrected chi connectivity index (χ0v) is 12.6. The van der Waals surface area contributed by atoms with Gasteiger partial charge in [0.05, 0.1) is 12.8 Å². The summed E-state index contributed by atoms with van der Waals surface area (Å²) in [5, 5.41) is 7.01. The fraction of sp³-hybridized carbons (Fsp3) is 0.471. The molecule has 1 aromatic carbocycles. The molecular weight excluding hydrogens is 262 g/mol. The highest BCUT2D eigenvalue weighted by molar-refractivity contribution is 5.22. The molecule has 2 heterocycles. The van der Waals surface area contributed by atoms with E-state index in [1.807, 2.05) is 12.4 Å². The summed E-state index contributed by atoms with van der Waals surface area (Å²) in [6, 6.07) is 8.76. The molecule has 1 saturated heterocycles. The Morgan fingerprint density at radius 2 is 2.10 bits per heavy atom. The van der Waals surface area contributed by atoms with E-state index >= 15 is 0 Å². The van der Waals surface area contributed by atoms with Crippen molar-refractivity contribution in [1.29, 1.82) is 0 Å². The molecule has 1 atom stereocenters. The second-order valence-corrected chi connectivity index (χ2v) is 5.86. The quantitative estimate of drug-likeness (QED) is 0.918. The zero-order valence-electron chi connectivity index (χ0n) is 12.6. The number of ether oxygens (including phenoxy) is 1. The first-order chi connectivity index (χ1) is 10.3. The van der Waals surface area contributed by atoms with Crippen molar-refractivity contribution >= 4 is 0 Å². The van der Waals surface area contributed by atoms with E-state index in [2.05, 4.69) is 39.4 Å². The molecule has 0 spiro atoms. The molecule has 0 aliphatic carbocycles. The van der Waals surface area contributed by atoms with Crippen molar-refractivity contribution < 1.29 is 4.74 Å². The molecular formula is C17H23N3O. The molecule has 3 rings (SSSR count). The summed E-state index contributed by atoms with van der Waals surface area (Å²) in [6.07, 6.45) is 6.53. The molecule has 0 amide bonds. The highest BCUT2D eigenvalue weighted by Crippen LogP contribution is 2.26. The van der Waals surface area contributed by atoms with E-state index in [-0.39, 0.29) is 0 Å². The molecule has 0 bridgehead atoms. The van der Waals surface area contributed by atoms with Crippen molar-refractivity contribution in [3.63, 3.8) is 0 Å². The molecule has 1 aromatic heterocycles. The Morgan fingerprint density at radius 1 is 1.29 bits per heavy atom. The highest BCUT2D eigenvalue weighted by atomic mass is 16.5. The number of rotatable bonds is 5. The van der Waals surface area contributed by atoms with Crippen LogP contribution >= 0.6 is 0 Å². The SMILES string of the molecule is COCc1ccc(CN2CCC[C@H](c3cn[nH]c3)C2)cc1. The third-order valence-electron chi connectivity index (χ3n) is 4.24. The largest absolute Gasteiger partial charge is 0.380 e. The van der Waals surface area contributed by atoms with Gasteiger partial charge in [-0.2, -0.15) is 5.10 Å². The highest BCUT2D eigenvalue weighted by Gasteiger charge is 2.21. The van der Waals surface area contributed by atoms with E-state index in [0.29, 0.717) is 12.5 Å². The Balaban J connectivity index is 1.59. The fourth-order valence-corrected chi connectivity index (χ4v) is 3.12. The lowest BCUT2D eigenvalue weighted by atomic mass is 9.92. The molecule has 0 saturated carbocycles. The van der Waals surface area contributed by atoms with Crippen LogP contribution < -0.4 is 0 Å². The number of methoxy groups -OCH3 is 1. The standard InChI is InChI=1S/C17H23N3O/c1-21-13-15-6-4-14(5-7-15)11-20-8-2-3-16(12-20)17-9-18-19-10-17/h4-7,9-10,16H,2-3,8,11-13H2,1H3,(H,18,19)/t16-/m0/s1. The molecule has 112 valence electrons. The van der Waals surface area contributed by atoms with Crippen LogP contribution in [0.25, 0.3) is 0 Å². The van der Waals surface area contributed by atoms with Gasteiger partial charge in [0.2, 0.25) is 0 Å². The van der Waals surface area contributed by atoms with Gasteiger partial charge < -0.3 is 4.74 Å². The Hall–Kier alpha value is -1.65. The van der Waals surface area contributed by atoms with Crippen molar-refractivity contribution in [3.05, 3.63) is 53.3 Å². The number of benzene rings is 1. The smallest absolute Gasteiger partial charge is 0.0713 e. The number of hydrogen-bond donors (Lipinski definition) is 1. The summed E-state index contributed by atoms with van der Waals surface area (Å²) in [5.74, 6) is 0.616. The number of hydrogen-bond acceptors (Lipinski definition) is 3. The van der Waals surface area contributed by atoms with Crippen LogP contribution in [0.15, 0.2) is 36.7 Å². The van der Waals surface area contributed by atoms with Gasteiger partial charge in [-0.1, -0.05) is 24.3 Å². The molecule has 1 N–H and O–H groups in total. The van der Waals surface area contributed by atoms with Gasteiger partial charge in [0.25, 0.3) is 0 Å². The number of aromatic nitrogens is 2. The maximum atomic E-state index is 5.15. The van der Waals surface area contributed by atoms with Crippen molar-refractivity contribution in [2.45, 2.75) is 31.9 Å². The monoisotopic (exact) mass is 285 g/mol. The van der Waals surface area contributed by atoms with Gasteiger partial charge in [0, 0.05) is 26.4 Å². The van der Waals surface area contributed by atoms with E-state index in [9.17, 15) is 0 Å². The van der Waals surface area contributed by atoms with Gasteiger partial charge in [-0.15, -0.1) is 0 Å². The summed E-state index contributed by atoms with van der Waals surface area (Å²) in [7, 11) is 1.73. The van der Waals surface area contributed by atoms with Gasteiger partial charge in [-0.25, -0.2) is 0 Å². The van der Waals surface area contributed by atoms with E-state index in [1.165, 1.54) is 36.1 Å². The zero-order chi connectivity index (χ0) is 14.5. The maximum Gasteiger partial charge on any atom is 0.0713 e. The molecule has 21 heavy (non-hydrogen) atoms. The van der Waals surface area contributed by atoms with Crippen LogP contribution in [0.1, 0.15) is 35.4 Å². The maximum absolute atomic E-state index is 5.15. The van der Waals surface area contributed by atoms with Crippen LogP contribution in [0.2, 0.25) is 0 Å². The van der Waals surface area contributed by atoms with Gasteiger partial charge in [-0.3, -0.25) is 10.00 Å². The number of H-pyrrole nitrogens is 1. The summed E-state index contributed by atoms with van der Waals surface area (Å²) >= 11 is 0. The Morgan fingerprint density at radius 3 is 2.81 bits per heavy atom. The van der Waals surface area contributed by atoms with E-state index in [0.717, 1.165) is 13.1 Å². The molecule has 4 heteroatoms. The molecule has 1 aliphatic heterocycles. The van der Waals surface area contributed by atoms with E-state index < -0.39 is 0 Å². The van der Waals surface area contributed by atoms with Crippen LogP contribution in [0.3, 0.4) is 0 Å². The average Bonchev–Trinajstić information content (AvgIpc) is 3.04. The molecule has 1 aliphatic rings. The van der Waals surface area contributed by atoms with Gasteiger partial charge >= 0.3 is 0 Å². The number of likely N-dealkylation sites (tertiary alicyclic amines) is 1. The van der Waals surface area contributed by atoms with Gasteiger partial charge in [0.1, 0.15) is 0 Å². The topological polar surface area (TPSA) is 41.1 Å². The third-order valence-corrected chi connectivity index (χ3v) is 4.24. The predicted octanol–water partition coefficient (Wildman–Crippen LogP) is 2.94. The van der Waals surface area contributed by atoms with E-state index in [1.54, 1.807) is 7.11 Å². The van der Waals surface area contributed by atoms with Crippen LogP contribution in [0, 0.1) is 0 Å². The minimum atomic E-state index is 0.616. The summed E-state index contributed by atoms with van der Waals surface area (Å²) < 4.78 is 5.15. The van der Waals surface area contributed by atoms with Crippen LogP contribution in [-0.4, -0.2) is 35.3 Å². The van der Waals surface area contributed by atoms with Crippen LogP contribution in [0.4, 0.5) is 0 Å². The van der Waals surface area contributed by atoms with Crippen molar-refractivity contribution in [1.82, 2.24) is 15.1 Å². The first-order valence-electron chi connectivity index (χ1n) is 7.63. The molecule has 0 unspecified atom stereocenters. The molecule has 1 fully saturated rings. The van der Waals surface area contributed by atoms with Crippen molar-refractivity contribution in [2.24, 2.45) is 0 Å². The number of nitrogens with zero attached hydrogens (tertiary/aromatic N) is 2. The molecule has 2 aromatic rings. The Bertz CT molecular complexity index is 536. The minimum absolute atomic E-state index is 0.616. The summed E-state index contributed by atoms with van der Waals surface area (Å²) in [6.45, 7) is 4.03. The predicted molar refractivity (Wildman–Crippen MR) is 83.0 cm³/mol. The summed E-state index contributed by atoms with van der Waals surface area (Å²) in [4.78, 5) is 2.55. The number of aromatic amines is 1. The van der Waals surface area contributed by atoms with Gasteiger partial charge in [0.15, 0.2) is 0 Å². The minimum Gasteiger partial charge on any atom is -0.380 e. The lowest BCUT2D eigenvalue weighted by Gasteiger charge is -2.32. The molecule has 0 radical (unpaired) electrons. The average molecular weight is 285 g/mol. The van der Waals surface area contributed by atoms with Crippen LogP contribution in [0.5, 0.6) is 0 Å². The van der Waals surface area contributed by atoms with Crippen molar-refractivity contribution in [3.8, 4) is 0 Å². The lowest BCUT2D eigenvalue weighted by molar-refractivity contribution is 0.184. The summed E-state index contributed by atoms with van der Waals surface area (Å²) in [5.41, 5.74) is 3.95. The second-order valence-electron chi connectivity index (χ2n) is 5.86. The Kier molecular flexibility index (Phi) is 4.68. The number of nitrogens with one attached hydrogen (secondary N) is 1. The lowest BCUT2D eigenvalue weighted by Crippen LogP contribution is -2.33.